The maximum atomic E-state index is 11.6. The van der Waals surface area contributed by atoms with Crippen molar-refractivity contribution >= 4 is 40.1 Å². The van der Waals surface area contributed by atoms with Crippen LogP contribution in [0.25, 0.3) is 10.9 Å². The Balaban J connectivity index is 1.11. The van der Waals surface area contributed by atoms with Crippen LogP contribution in [-0.4, -0.2) is 48.4 Å². The molecule has 0 radical (unpaired) electrons. The molecule has 0 saturated carbocycles. The number of hydrogen-bond acceptors (Lipinski definition) is 7. The largest absolute Gasteiger partial charge is 0.497 e. The Labute approximate surface area is 198 Å². The second-order valence-corrected chi connectivity index (χ2v) is 9.61. The van der Waals surface area contributed by atoms with E-state index in [1.54, 1.807) is 18.9 Å². The quantitative estimate of drug-likeness (QED) is 0.511. The number of ether oxygens (including phenoxy) is 1. The van der Waals surface area contributed by atoms with Gasteiger partial charge in [0.25, 0.3) is 0 Å². The number of fused-ring (bicyclic) bond motifs is 2. The highest BCUT2D eigenvalue weighted by atomic mass is 32.2. The fraction of sp³-hybridized carbons (Fsp3) is 0.400. The number of aromatic nitrogens is 2. The molecule has 3 aromatic rings. The van der Waals surface area contributed by atoms with E-state index in [0.29, 0.717) is 11.6 Å². The summed E-state index contributed by atoms with van der Waals surface area (Å²) in [5.74, 6) is 2.78. The Morgan fingerprint density at radius 1 is 1.21 bits per heavy atom. The summed E-state index contributed by atoms with van der Waals surface area (Å²) in [5.41, 5.74) is 3.22. The van der Waals surface area contributed by atoms with Crippen LogP contribution < -0.4 is 20.3 Å². The molecule has 0 atom stereocenters. The molecule has 2 aliphatic rings. The van der Waals surface area contributed by atoms with Crippen LogP contribution in [0.15, 0.2) is 47.5 Å². The van der Waals surface area contributed by atoms with Gasteiger partial charge in [-0.2, -0.15) is 0 Å². The predicted molar refractivity (Wildman–Crippen MR) is 133 cm³/mol. The zero-order valence-corrected chi connectivity index (χ0v) is 19.7. The van der Waals surface area contributed by atoms with Gasteiger partial charge in [-0.05, 0) is 68.1 Å². The van der Waals surface area contributed by atoms with Crippen LogP contribution in [0.2, 0.25) is 0 Å². The summed E-state index contributed by atoms with van der Waals surface area (Å²) in [5, 5.41) is 7.55. The molecule has 33 heavy (non-hydrogen) atoms. The third kappa shape index (κ3) is 5.07. The van der Waals surface area contributed by atoms with E-state index in [4.69, 9.17) is 4.74 Å². The van der Waals surface area contributed by atoms with Gasteiger partial charge in [-0.15, -0.1) is 11.8 Å². The van der Waals surface area contributed by atoms with E-state index in [-0.39, 0.29) is 5.91 Å². The van der Waals surface area contributed by atoms with Gasteiger partial charge in [-0.3, -0.25) is 9.78 Å². The minimum atomic E-state index is 0.0235. The van der Waals surface area contributed by atoms with Crippen LogP contribution in [0.4, 0.5) is 11.5 Å². The number of carbonyl (C=O) groups excluding carboxylic acids is 1. The number of hydrogen-bond donors (Lipinski definition) is 2. The third-order valence-electron chi connectivity index (χ3n) is 6.45. The van der Waals surface area contributed by atoms with E-state index in [9.17, 15) is 4.79 Å². The molecular formula is C25H29N5O2S. The van der Waals surface area contributed by atoms with Crippen molar-refractivity contribution in [3.8, 4) is 5.75 Å². The normalized spacial score (nSPS) is 16.5. The molecule has 0 spiro atoms. The highest BCUT2D eigenvalue weighted by Gasteiger charge is 2.21. The number of thioether (sulfide) groups is 1. The van der Waals surface area contributed by atoms with Gasteiger partial charge in [-0.1, -0.05) is 0 Å². The van der Waals surface area contributed by atoms with Crippen molar-refractivity contribution in [2.75, 3.05) is 42.7 Å². The Hall–Kier alpha value is -2.84. The second kappa shape index (κ2) is 9.97. The Bertz CT molecular complexity index is 1150. The Kier molecular flexibility index (Phi) is 6.64. The number of methoxy groups -OCH3 is 1. The van der Waals surface area contributed by atoms with E-state index < -0.39 is 0 Å². The lowest BCUT2D eigenvalue weighted by Crippen LogP contribution is -2.34. The average Bonchev–Trinajstić information content (AvgIpc) is 2.86. The molecule has 8 heteroatoms. The molecule has 0 bridgehead atoms. The lowest BCUT2D eigenvalue weighted by molar-refractivity contribution is -0.113. The maximum absolute atomic E-state index is 11.6. The molecule has 4 heterocycles. The highest BCUT2D eigenvalue weighted by Crippen LogP contribution is 2.32. The van der Waals surface area contributed by atoms with Gasteiger partial charge in [0, 0.05) is 36.9 Å². The van der Waals surface area contributed by atoms with E-state index in [0.717, 1.165) is 65.8 Å². The van der Waals surface area contributed by atoms with Crippen LogP contribution >= 0.6 is 11.8 Å². The number of carbonyl (C=O) groups is 1. The highest BCUT2D eigenvalue weighted by molar-refractivity contribution is 8.00. The molecular weight excluding hydrogens is 434 g/mol. The molecule has 1 amide bonds. The summed E-state index contributed by atoms with van der Waals surface area (Å²) in [4.78, 5) is 24.2. The molecule has 2 aliphatic heterocycles. The fourth-order valence-corrected chi connectivity index (χ4v) is 5.36. The van der Waals surface area contributed by atoms with Crippen LogP contribution in [0.3, 0.4) is 0 Å². The summed E-state index contributed by atoms with van der Waals surface area (Å²) in [6, 6.07) is 12.3. The van der Waals surface area contributed by atoms with Crippen molar-refractivity contribution in [2.24, 2.45) is 5.92 Å². The standard InChI is InChI=1S/C25H29N5O2S/c1-32-19-3-4-21-20(14-19)22(7-11-27-21)30-12-8-17(9-13-30)6-10-26-15-18-2-5-23-25(28-18)29-24(31)16-33-23/h2-5,7,11,14,17,26H,6,8-10,12-13,15-16H2,1H3,(H,28,29,31). The van der Waals surface area contributed by atoms with Crippen molar-refractivity contribution in [1.29, 1.82) is 0 Å². The first-order valence-electron chi connectivity index (χ1n) is 11.5. The number of benzene rings is 1. The van der Waals surface area contributed by atoms with Crippen molar-refractivity contribution < 1.29 is 9.53 Å². The third-order valence-corrected chi connectivity index (χ3v) is 7.50. The SMILES string of the molecule is COc1ccc2nccc(N3CCC(CCNCc4ccc5c(n4)NC(=O)CS5)CC3)c2c1. The number of anilines is 2. The van der Waals surface area contributed by atoms with E-state index >= 15 is 0 Å². The van der Waals surface area contributed by atoms with Crippen molar-refractivity contribution in [3.05, 3.63) is 48.3 Å². The number of pyridine rings is 2. The summed E-state index contributed by atoms with van der Waals surface area (Å²) in [6.45, 7) is 3.81. The number of nitrogens with one attached hydrogen (secondary N) is 2. The molecule has 1 fully saturated rings. The van der Waals surface area contributed by atoms with Crippen molar-refractivity contribution in [1.82, 2.24) is 15.3 Å². The van der Waals surface area contributed by atoms with Crippen molar-refractivity contribution in [2.45, 2.75) is 30.7 Å². The van der Waals surface area contributed by atoms with Gasteiger partial charge >= 0.3 is 0 Å². The van der Waals surface area contributed by atoms with Crippen LogP contribution in [0, 0.1) is 5.92 Å². The lowest BCUT2D eigenvalue weighted by Gasteiger charge is -2.34. The van der Waals surface area contributed by atoms with E-state index in [1.807, 2.05) is 24.4 Å². The molecule has 1 saturated heterocycles. The molecule has 7 nitrogen and oxygen atoms in total. The molecule has 1 aromatic carbocycles. The van der Waals surface area contributed by atoms with Gasteiger partial charge in [0.1, 0.15) is 11.6 Å². The minimum Gasteiger partial charge on any atom is -0.497 e. The Morgan fingerprint density at radius 2 is 2.09 bits per heavy atom. The van der Waals surface area contributed by atoms with Crippen LogP contribution in [0.1, 0.15) is 25.0 Å². The molecule has 0 aliphatic carbocycles. The van der Waals surface area contributed by atoms with Crippen LogP contribution in [0.5, 0.6) is 5.75 Å². The molecule has 2 N–H and O–H groups in total. The summed E-state index contributed by atoms with van der Waals surface area (Å²) in [6.07, 6.45) is 5.45. The first kappa shape index (κ1) is 22.0. The number of piperidine rings is 1. The molecule has 2 aromatic heterocycles. The lowest BCUT2D eigenvalue weighted by atomic mass is 9.93. The number of amides is 1. The first-order chi connectivity index (χ1) is 16.2. The minimum absolute atomic E-state index is 0.0235. The monoisotopic (exact) mass is 463 g/mol. The fourth-order valence-electron chi connectivity index (χ4n) is 4.60. The summed E-state index contributed by atoms with van der Waals surface area (Å²) >= 11 is 1.54. The zero-order chi connectivity index (χ0) is 22.6. The van der Waals surface area contributed by atoms with Gasteiger partial charge in [0.05, 0.1) is 29.0 Å². The maximum Gasteiger partial charge on any atom is 0.235 e. The summed E-state index contributed by atoms with van der Waals surface area (Å²) in [7, 11) is 1.70. The number of rotatable bonds is 7. The van der Waals surface area contributed by atoms with Gasteiger partial charge in [0.2, 0.25) is 5.91 Å². The van der Waals surface area contributed by atoms with E-state index in [1.165, 1.54) is 18.5 Å². The van der Waals surface area contributed by atoms with Crippen molar-refractivity contribution in [3.63, 3.8) is 0 Å². The molecule has 0 unspecified atom stereocenters. The number of nitrogens with zero attached hydrogens (tertiary/aromatic N) is 3. The molecule has 5 rings (SSSR count). The molecule has 172 valence electrons. The topological polar surface area (TPSA) is 79.4 Å². The van der Waals surface area contributed by atoms with Crippen LogP contribution in [-0.2, 0) is 11.3 Å². The zero-order valence-electron chi connectivity index (χ0n) is 18.8. The van der Waals surface area contributed by atoms with Gasteiger partial charge in [-0.25, -0.2) is 4.98 Å². The predicted octanol–water partition coefficient (Wildman–Crippen LogP) is 4.08. The van der Waals surface area contributed by atoms with Gasteiger partial charge < -0.3 is 20.3 Å². The smallest absolute Gasteiger partial charge is 0.235 e. The Morgan fingerprint density at radius 3 is 2.94 bits per heavy atom. The summed E-state index contributed by atoms with van der Waals surface area (Å²) < 4.78 is 5.42. The second-order valence-electron chi connectivity index (χ2n) is 8.60. The first-order valence-corrected chi connectivity index (χ1v) is 12.5. The van der Waals surface area contributed by atoms with Gasteiger partial charge in [0.15, 0.2) is 0 Å². The van der Waals surface area contributed by atoms with E-state index in [2.05, 4.69) is 43.7 Å². The average molecular weight is 464 g/mol.